The van der Waals surface area contributed by atoms with Gasteiger partial charge in [0, 0.05) is 25.1 Å². The van der Waals surface area contributed by atoms with Crippen molar-refractivity contribution in [3.8, 4) is 0 Å². The Morgan fingerprint density at radius 3 is 2.65 bits per heavy atom. The van der Waals surface area contributed by atoms with E-state index in [-0.39, 0.29) is 0 Å². The zero-order chi connectivity index (χ0) is 12.1. The van der Waals surface area contributed by atoms with Crippen LogP contribution < -0.4 is 5.32 Å². The van der Waals surface area contributed by atoms with Gasteiger partial charge in [-0.3, -0.25) is 0 Å². The molecule has 0 fully saturated rings. The van der Waals surface area contributed by atoms with Crippen LogP contribution in [0.2, 0.25) is 0 Å². The normalized spacial score (nSPS) is 10.5. The summed E-state index contributed by atoms with van der Waals surface area (Å²) in [5.41, 5.74) is 2.38. The van der Waals surface area contributed by atoms with Gasteiger partial charge >= 0.3 is 0 Å². The number of aryl methyl sites for hydroxylation is 2. The Morgan fingerprint density at radius 1 is 1.24 bits per heavy atom. The first-order valence-electron chi connectivity index (χ1n) is 5.90. The second kappa shape index (κ2) is 5.48. The molecule has 1 heterocycles. The molecule has 17 heavy (non-hydrogen) atoms. The van der Waals surface area contributed by atoms with E-state index in [1.165, 1.54) is 5.56 Å². The average molecular weight is 231 g/mol. The molecule has 0 saturated heterocycles. The molecule has 0 aliphatic heterocycles. The lowest BCUT2D eigenvalue weighted by Gasteiger charge is -2.04. The van der Waals surface area contributed by atoms with Gasteiger partial charge in [-0.15, -0.1) is 0 Å². The molecule has 1 N–H and O–H groups in total. The molecular formula is C13H17N3O. The summed E-state index contributed by atoms with van der Waals surface area (Å²) in [6, 6.07) is 8.32. The maximum absolute atomic E-state index is 5.11. The molecule has 0 bridgehead atoms. The van der Waals surface area contributed by atoms with Crippen molar-refractivity contribution in [2.45, 2.75) is 26.7 Å². The van der Waals surface area contributed by atoms with Crippen molar-refractivity contribution in [3.63, 3.8) is 0 Å². The fourth-order valence-electron chi connectivity index (χ4n) is 1.52. The predicted molar refractivity (Wildman–Crippen MR) is 67.0 cm³/mol. The maximum Gasteiger partial charge on any atom is 0.228 e. The Hall–Kier alpha value is -1.84. The summed E-state index contributed by atoms with van der Waals surface area (Å²) < 4.78 is 5.11. The summed E-state index contributed by atoms with van der Waals surface area (Å²) in [6.07, 6.45) is 1.57. The fourth-order valence-corrected chi connectivity index (χ4v) is 1.52. The third-order valence-electron chi connectivity index (χ3n) is 2.55. The van der Waals surface area contributed by atoms with Crippen molar-refractivity contribution in [1.29, 1.82) is 0 Å². The average Bonchev–Trinajstić information content (AvgIpc) is 2.80. The number of rotatable bonds is 5. The number of hydrogen-bond acceptors (Lipinski definition) is 4. The van der Waals surface area contributed by atoms with Crippen molar-refractivity contribution in [1.82, 2.24) is 10.1 Å². The Labute approximate surface area is 101 Å². The highest BCUT2D eigenvalue weighted by Crippen LogP contribution is 2.08. The highest BCUT2D eigenvalue weighted by molar-refractivity contribution is 5.44. The van der Waals surface area contributed by atoms with Crippen LogP contribution in [0.4, 0.5) is 5.69 Å². The Bertz CT molecular complexity index is 462. The number of nitrogens with one attached hydrogen (secondary N) is 1. The molecule has 2 aromatic rings. The highest BCUT2D eigenvalue weighted by atomic mass is 16.5. The van der Waals surface area contributed by atoms with Crippen LogP contribution >= 0.6 is 0 Å². The molecule has 0 saturated carbocycles. The molecule has 4 nitrogen and oxygen atoms in total. The van der Waals surface area contributed by atoms with Crippen LogP contribution in [0.1, 0.15) is 24.2 Å². The molecule has 1 aromatic carbocycles. The van der Waals surface area contributed by atoms with E-state index in [0.717, 1.165) is 30.9 Å². The van der Waals surface area contributed by atoms with Gasteiger partial charge < -0.3 is 9.84 Å². The topological polar surface area (TPSA) is 51.0 Å². The van der Waals surface area contributed by atoms with Gasteiger partial charge in [0.1, 0.15) is 0 Å². The fraction of sp³-hybridized carbons (Fsp3) is 0.385. The summed E-state index contributed by atoms with van der Waals surface area (Å²) in [7, 11) is 0. The summed E-state index contributed by atoms with van der Waals surface area (Å²) in [5, 5.41) is 7.18. The largest absolute Gasteiger partial charge is 0.385 e. The number of hydrogen-bond donors (Lipinski definition) is 1. The van der Waals surface area contributed by atoms with Gasteiger partial charge in [-0.2, -0.15) is 4.98 Å². The van der Waals surface area contributed by atoms with Gasteiger partial charge in [0.2, 0.25) is 5.89 Å². The second-order valence-corrected chi connectivity index (χ2v) is 4.00. The zero-order valence-electron chi connectivity index (χ0n) is 10.2. The third kappa shape index (κ3) is 3.31. The zero-order valence-corrected chi connectivity index (χ0v) is 10.2. The first-order chi connectivity index (χ1) is 8.28. The maximum atomic E-state index is 5.11. The van der Waals surface area contributed by atoms with Crippen LogP contribution in [0.5, 0.6) is 0 Å². The van der Waals surface area contributed by atoms with Crippen molar-refractivity contribution in [2.24, 2.45) is 0 Å². The standard InChI is InChI=1S/C13H17N3O/c1-3-12-15-13(17-16-12)8-9-14-11-6-4-10(2)5-7-11/h4-7,14H,3,8-9H2,1-2H3. The van der Waals surface area contributed by atoms with E-state index in [1.54, 1.807) is 0 Å². The molecule has 2 rings (SSSR count). The van der Waals surface area contributed by atoms with Crippen molar-refractivity contribution in [2.75, 3.05) is 11.9 Å². The molecule has 0 aliphatic rings. The Morgan fingerprint density at radius 2 is 2.00 bits per heavy atom. The van der Waals surface area contributed by atoms with Crippen LogP contribution in [0.3, 0.4) is 0 Å². The number of nitrogens with zero attached hydrogens (tertiary/aromatic N) is 2. The van der Waals surface area contributed by atoms with E-state index in [9.17, 15) is 0 Å². The molecule has 0 unspecified atom stereocenters. The SMILES string of the molecule is CCc1noc(CCNc2ccc(C)cc2)n1. The third-order valence-corrected chi connectivity index (χ3v) is 2.55. The minimum Gasteiger partial charge on any atom is -0.385 e. The van der Waals surface area contributed by atoms with Crippen LogP contribution in [-0.4, -0.2) is 16.7 Å². The van der Waals surface area contributed by atoms with E-state index in [4.69, 9.17) is 4.52 Å². The van der Waals surface area contributed by atoms with Crippen LogP contribution in [-0.2, 0) is 12.8 Å². The molecule has 0 atom stereocenters. The smallest absolute Gasteiger partial charge is 0.228 e. The summed E-state index contributed by atoms with van der Waals surface area (Å²) >= 11 is 0. The van der Waals surface area contributed by atoms with Crippen molar-refractivity contribution >= 4 is 5.69 Å². The highest BCUT2D eigenvalue weighted by Gasteiger charge is 2.03. The van der Waals surface area contributed by atoms with Gasteiger partial charge in [-0.05, 0) is 19.1 Å². The number of benzene rings is 1. The molecular weight excluding hydrogens is 214 g/mol. The molecule has 0 spiro atoms. The first kappa shape index (κ1) is 11.6. The quantitative estimate of drug-likeness (QED) is 0.859. The van der Waals surface area contributed by atoms with E-state index in [2.05, 4.69) is 46.6 Å². The minimum absolute atomic E-state index is 0.696. The lowest BCUT2D eigenvalue weighted by molar-refractivity contribution is 0.375. The minimum atomic E-state index is 0.696. The molecule has 90 valence electrons. The molecule has 4 heteroatoms. The van der Waals surface area contributed by atoms with Gasteiger partial charge in [-0.25, -0.2) is 0 Å². The second-order valence-electron chi connectivity index (χ2n) is 4.00. The van der Waals surface area contributed by atoms with Crippen molar-refractivity contribution < 1.29 is 4.52 Å². The molecule has 0 radical (unpaired) electrons. The van der Waals surface area contributed by atoms with E-state index in [0.29, 0.717) is 5.89 Å². The van der Waals surface area contributed by atoms with Crippen LogP contribution in [0.25, 0.3) is 0 Å². The van der Waals surface area contributed by atoms with Gasteiger partial charge in [0.15, 0.2) is 5.82 Å². The lowest BCUT2D eigenvalue weighted by Crippen LogP contribution is -2.05. The first-order valence-corrected chi connectivity index (χ1v) is 5.90. The molecule has 0 aliphatic carbocycles. The van der Waals surface area contributed by atoms with E-state index < -0.39 is 0 Å². The van der Waals surface area contributed by atoms with Gasteiger partial charge in [-0.1, -0.05) is 29.8 Å². The predicted octanol–water partition coefficient (Wildman–Crippen LogP) is 2.60. The van der Waals surface area contributed by atoms with E-state index in [1.807, 2.05) is 6.92 Å². The summed E-state index contributed by atoms with van der Waals surface area (Å²) in [5.74, 6) is 1.47. The number of anilines is 1. The van der Waals surface area contributed by atoms with Gasteiger partial charge in [0.25, 0.3) is 0 Å². The molecule has 0 amide bonds. The van der Waals surface area contributed by atoms with E-state index >= 15 is 0 Å². The van der Waals surface area contributed by atoms with Crippen LogP contribution in [0.15, 0.2) is 28.8 Å². The Balaban J connectivity index is 1.81. The molecule has 1 aromatic heterocycles. The lowest BCUT2D eigenvalue weighted by atomic mass is 10.2. The van der Waals surface area contributed by atoms with Crippen LogP contribution in [0, 0.1) is 6.92 Å². The van der Waals surface area contributed by atoms with Gasteiger partial charge in [0.05, 0.1) is 0 Å². The summed E-state index contributed by atoms with van der Waals surface area (Å²) in [6.45, 7) is 4.89. The summed E-state index contributed by atoms with van der Waals surface area (Å²) in [4.78, 5) is 4.26. The monoisotopic (exact) mass is 231 g/mol. The Kier molecular flexibility index (Phi) is 3.75. The number of aromatic nitrogens is 2. The van der Waals surface area contributed by atoms with Crippen molar-refractivity contribution in [3.05, 3.63) is 41.5 Å².